The second kappa shape index (κ2) is 8.19. The van der Waals surface area contributed by atoms with Crippen LogP contribution in [0.3, 0.4) is 0 Å². The summed E-state index contributed by atoms with van der Waals surface area (Å²) in [6.45, 7) is 4.85. The van der Waals surface area contributed by atoms with Crippen molar-refractivity contribution in [2.45, 2.75) is 20.4 Å². The molecule has 0 aliphatic rings. The van der Waals surface area contributed by atoms with Crippen LogP contribution in [0.5, 0.6) is 0 Å². The van der Waals surface area contributed by atoms with Gasteiger partial charge in [-0.2, -0.15) is 0 Å². The van der Waals surface area contributed by atoms with Crippen LogP contribution < -0.4 is 5.32 Å². The third kappa shape index (κ3) is 4.09. The van der Waals surface area contributed by atoms with Gasteiger partial charge in [0.15, 0.2) is 0 Å². The molecule has 3 aromatic heterocycles. The summed E-state index contributed by atoms with van der Waals surface area (Å²) in [6, 6.07) is 5.31. The zero-order valence-corrected chi connectivity index (χ0v) is 16.0. The molecule has 3 heterocycles. The first-order valence-electron chi connectivity index (χ1n) is 8.26. The first kappa shape index (κ1) is 18.9. The van der Waals surface area contributed by atoms with Crippen LogP contribution in [-0.4, -0.2) is 45.2 Å². The Morgan fingerprint density at radius 1 is 1.22 bits per heavy atom. The third-order valence-corrected chi connectivity index (χ3v) is 5.00. The first-order valence-corrected chi connectivity index (χ1v) is 9.08. The van der Waals surface area contributed by atoms with Gasteiger partial charge in [0.1, 0.15) is 5.01 Å². The first-order chi connectivity index (χ1) is 13.0. The monoisotopic (exact) mass is 385 g/mol. The molecule has 0 spiro atoms. The largest absolute Gasteiger partial charge is 0.383 e. The molecule has 8 nitrogen and oxygen atoms in total. The highest BCUT2D eigenvalue weighted by atomic mass is 32.1. The average Bonchev–Trinajstić information content (AvgIpc) is 3.25. The fourth-order valence-electron chi connectivity index (χ4n) is 2.72. The molecule has 0 saturated heterocycles. The van der Waals surface area contributed by atoms with E-state index in [9.17, 15) is 9.59 Å². The van der Waals surface area contributed by atoms with Gasteiger partial charge in [-0.3, -0.25) is 19.9 Å². The van der Waals surface area contributed by atoms with Gasteiger partial charge < -0.3 is 9.30 Å². The maximum absolute atomic E-state index is 12.6. The Kier molecular flexibility index (Phi) is 5.72. The fraction of sp³-hybridized carbons (Fsp3) is 0.278. The molecule has 1 N–H and O–H groups in total. The smallest absolute Gasteiger partial charge is 0.298 e. The molecule has 0 radical (unpaired) electrons. The van der Waals surface area contributed by atoms with Crippen molar-refractivity contribution in [1.82, 2.24) is 19.7 Å². The van der Waals surface area contributed by atoms with Crippen molar-refractivity contribution in [3.63, 3.8) is 0 Å². The van der Waals surface area contributed by atoms with Crippen LogP contribution in [0.15, 0.2) is 30.6 Å². The summed E-state index contributed by atoms with van der Waals surface area (Å²) in [5.74, 6) is -1.34. The third-order valence-electron chi connectivity index (χ3n) is 4.12. The summed E-state index contributed by atoms with van der Waals surface area (Å²) in [5.41, 5.74) is 2.85. The second-order valence-corrected chi connectivity index (χ2v) is 6.84. The standard InChI is InChI=1S/C18H19N5O3S/c1-11-10-14(12(2)23(11)8-9-26-3)15(24)16(25)20-18-22-21-17(27-18)13-4-6-19-7-5-13/h4-7,10H,8-9H2,1-3H3,(H,20,22,25). The molecule has 0 aliphatic heterocycles. The summed E-state index contributed by atoms with van der Waals surface area (Å²) in [5, 5.41) is 11.4. The van der Waals surface area contributed by atoms with Gasteiger partial charge in [0.2, 0.25) is 5.13 Å². The van der Waals surface area contributed by atoms with E-state index in [1.807, 2.05) is 18.4 Å². The highest BCUT2D eigenvalue weighted by molar-refractivity contribution is 7.18. The molecule has 0 bridgehead atoms. The molecule has 9 heteroatoms. The number of amides is 1. The Bertz CT molecular complexity index is 965. The number of anilines is 1. The molecule has 0 aromatic carbocycles. The van der Waals surface area contributed by atoms with Crippen molar-refractivity contribution in [3.05, 3.63) is 47.5 Å². The molecule has 0 unspecified atom stereocenters. The zero-order chi connectivity index (χ0) is 19.4. The lowest BCUT2D eigenvalue weighted by atomic mass is 10.1. The number of ketones is 1. The molecule has 27 heavy (non-hydrogen) atoms. The van der Waals surface area contributed by atoms with Crippen molar-refractivity contribution in [2.75, 3.05) is 19.0 Å². The predicted molar refractivity (Wildman–Crippen MR) is 102 cm³/mol. The maximum Gasteiger partial charge on any atom is 0.298 e. The number of nitrogens with zero attached hydrogens (tertiary/aromatic N) is 4. The van der Waals surface area contributed by atoms with Crippen molar-refractivity contribution in [1.29, 1.82) is 0 Å². The van der Waals surface area contributed by atoms with Crippen molar-refractivity contribution >= 4 is 28.2 Å². The highest BCUT2D eigenvalue weighted by Crippen LogP contribution is 2.26. The van der Waals surface area contributed by atoms with Crippen LogP contribution in [0.1, 0.15) is 21.7 Å². The Hall–Kier alpha value is -2.91. The van der Waals surface area contributed by atoms with E-state index in [2.05, 4.69) is 20.5 Å². The van der Waals surface area contributed by atoms with Crippen molar-refractivity contribution < 1.29 is 14.3 Å². The number of carbonyl (C=O) groups excluding carboxylic acids is 2. The number of rotatable bonds is 7. The van der Waals surface area contributed by atoms with Crippen LogP contribution in [0, 0.1) is 13.8 Å². The topological polar surface area (TPSA) is 99.0 Å². The molecular formula is C18H19N5O3S. The van der Waals surface area contributed by atoms with Gasteiger partial charge in [0.25, 0.3) is 11.7 Å². The number of hydrogen-bond donors (Lipinski definition) is 1. The summed E-state index contributed by atoms with van der Waals surface area (Å²) in [6.07, 6.45) is 3.30. The molecule has 0 atom stereocenters. The van der Waals surface area contributed by atoms with E-state index in [4.69, 9.17) is 4.74 Å². The van der Waals surface area contributed by atoms with E-state index in [0.29, 0.717) is 23.7 Å². The summed E-state index contributed by atoms with van der Waals surface area (Å²) >= 11 is 1.19. The minimum atomic E-state index is -0.737. The molecular weight excluding hydrogens is 366 g/mol. The lowest BCUT2D eigenvalue weighted by molar-refractivity contribution is -0.112. The summed E-state index contributed by atoms with van der Waals surface area (Å²) in [4.78, 5) is 28.9. The molecule has 0 fully saturated rings. The van der Waals surface area contributed by atoms with Gasteiger partial charge >= 0.3 is 0 Å². The van der Waals surface area contributed by atoms with Crippen LogP contribution in [0.2, 0.25) is 0 Å². The van der Waals surface area contributed by atoms with Crippen LogP contribution >= 0.6 is 11.3 Å². The molecule has 0 saturated carbocycles. The molecule has 3 aromatic rings. The van der Waals surface area contributed by atoms with Gasteiger partial charge in [0, 0.05) is 48.6 Å². The second-order valence-electron chi connectivity index (χ2n) is 5.86. The predicted octanol–water partition coefficient (Wildman–Crippen LogP) is 2.49. The number of aryl methyl sites for hydroxylation is 1. The summed E-state index contributed by atoms with van der Waals surface area (Å²) in [7, 11) is 1.62. The van der Waals surface area contributed by atoms with E-state index in [1.54, 1.807) is 37.7 Å². The SMILES string of the molecule is COCCn1c(C)cc(C(=O)C(=O)Nc2nnc(-c3ccncc3)s2)c1C. The van der Waals surface area contributed by atoms with E-state index in [1.165, 1.54) is 11.3 Å². The fourth-order valence-corrected chi connectivity index (χ4v) is 3.46. The van der Waals surface area contributed by atoms with E-state index in [0.717, 1.165) is 17.0 Å². The van der Waals surface area contributed by atoms with Gasteiger partial charge in [0.05, 0.1) is 6.61 Å². The van der Waals surface area contributed by atoms with Crippen LogP contribution in [0.25, 0.3) is 10.6 Å². The lowest BCUT2D eigenvalue weighted by Crippen LogP contribution is -2.23. The van der Waals surface area contributed by atoms with Gasteiger partial charge in [-0.05, 0) is 32.0 Å². The minimum absolute atomic E-state index is 0.272. The zero-order valence-electron chi connectivity index (χ0n) is 15.2. The van der Waals surface area contributed by atoms with Crippen LogP contribution in [-0.2, 0) is 16.1 Å². The number of hydrogen-bond acceptors (Lipinski definition) is 7. The van der Waals surface area contributed by atoms with E-state index >= 15 is 0 Å². The van der Waals surface area contributed by atoms with Crippen molar-refractivity contribution in [2.24, 2.45) is 0 Å². The minimum Gasteiger partial charge on any atom is -0.383 e. The molecule has 0 aliphatic carbocycles. The molecule has 140 valence electrons. The maximum atomic E-state index is 12.6. The van der Waals surface area contributed by atoms with E-state index < -0.39 is 11.7 Å². The van der Waals surface area contributed by atoms with Crippen molar-refractivity contribution in [3.8, 4) is 10.6 Å². The lowest BCUT2D eigenvalue weighted by Gasteiger charge is -2.08. The number of aromatic nitrogens is 4. The quantitative estimate of drug-likeness (QED) is 0.495. The average molecular weight is 385 g/mol. The summed E-state index contributed by atoms with van der Waals surface area (Å²) < 4.78 is 7.04. The van der Waals surface area contributed by atoms with Gasteiger partial charge in [-0.1, -0.05) is 11.3 Å². The number of methoxy groups -OCH3 is 1. The number of ether oxygens (including phenoxy) is 1. The number of Topliss-reactive ketones (excluding diaryl/α,β-unsaturated/α-hetero) is 1. The molecule has 3 rings (SSSR count). The Morgan fingerprint density at radius 3 is 2.67 bits per heavy atom. The number of carbonyl (C=O) groups is 2. The Balaban J connectivity index is 1.73. The van der Waals surface area contributed by atoms with Crippen LogP contribution in [0.4, 0.5) is 5.13 Å². The number of pyridine rings is 1. The highest BCUT2D eigenvalue weighted by Gasteiger charge is 2.23. The van der Waals surface area contributed by atoms with Gasteiger partial charge in [-0.15, -0.1) is 10.2 Å². The number of nitrogens with one attached hydrogen (secondary N) is 1. The van der Waals surface area contributed by atoms with E-state index in [-0.39, 0.29) is 5.13 Å². The normalized spacial score (nSPS) is 10.8. The Labute approximate surface area is 160 Å². The molecule has 1 amide bonds. The Morgan fingerprint density at radius 2 is 1.96 bits per heavy atom. The van der Waals surface area contributed by atoms with Gasteiger partial charge in [-0.25, -0.2) is 0 Å².